The van der Waals surface area contributed by atoms with E-state index >= 15 is 0 Å². The van der Waals surface area contributed by atoms with Gasteiger partial charge in [0, 0.05) is 29.7 Å². The Morgan fingerprint density at radius 1 is 1.07 bits per heavy atom. The van der Waals surface area contributed by atoms with Gasteiger partial charge in [0.05, 0.1) is 10.5 Å². The molecule has 1 unspecified atom stereocenters. The summed E-state index contributed by atoms with van der Waals surface area (Å²) in [4.78, 5) is 13.7. The average molecular weight is 429 g/mol. The van der Waals surface area contributed by atoms with Crippen molar-refractivity contribution in [3.8, 4) is 0 Å². The van der Waals surface area contributed by atoms with Crippen molar-refractivity contribution < 1.29 is 26.4 Å². The fourth-order valence-corrected chi connectivity index (χ4v) is 5.29. The second-order valence-corrected chi connectivity index (χ2v) is 9.46. The molecule has 0 N–H and O–H groups in total. The maximum Gasteiger partial charge on any atom is 0.341 e. The maximum atomic E-state index is 14.1. The molecule has 1 amide bonds. The molecule has 1 atom stereocenters. The molecule has 1 aliphatic rings. The number of hydrogen-bond donors (Lipinski definition) is 0. The molecular formula is C19H18F3NO3S2. The second kappa shape index (κ2) is 8.57. The van der Waals surface area contributed by atoms with Crippen LogP contribution in [0.15, 0.2) is 53.4 Å². The molecule has 0 radical (unpaired) electrons. The number of alkyl halides is 2. The van der Waals surface area contributed by atoms with E-state index in [1.165, 1.54) is 40.9 Å². The van der Waals surface area contributed by atoms with E-state index in [0.29, 0.717) is 24.3 Å². The molecule has 1 saturated heterocycles. The third kappa shape index (κ3) is 4.20. The van der Waals surface area contributed by atoms with Crippen molar-refractivity contribution in [2.24, 2.45) is 0 Å². The van der Waals surface area contributed by atoms with Crippen molar-refractivity contribution in [2.75, 3.05) is 18.8 Å². The Morgan fingerprint density at radius 3 is 2.46 bits per heavy atom. The zero-order valence-electron chi connectivity index (χ0n) is 14.7. The summed E-state index contributed by atoms with van der Waals surface area (Å²) in [6.45, 7) is 0.589. The van der Waals surface area contributed by atoms with E-state index in [1.807, 2.05) is 0 Å². The van der Waals surface area contributed by atoms with Gasteiger partial charge in [-0.1, -0.05) is 30.3 Å². The van der Waals surface area contributed by atoms with Gasteiger partial charge in [-0.05, 0) is 24.6 Å². The Hall–Kier alpha value is -2.00. The van der Waals surface area contributed by atoms with Gasteiger partial charge in [0.2, 0.25) is 9.84 Å². The monoisotopic (exact) mass is 429 g/mol. The molecule has 2 aromatic rings. The van der Waals surface area contributed by atoms with Gasteiger partial charge < -0.3 is 4.90 Å². The average Bonchev–Trinajstić information content (AvgIpc) is 2.94. The predicted molar refractivity (Wildman–Crippen MR) is 102 cm³/mol. The second-order valence-electron chi connectivity index (χ2n) is 6.26. The van der Waals surface area contributed by atoms with E-state index in [2.05, 4.69) is 0 Å². The summed E-state index contributed by atoms with van der Waals surface area (Å²) in [6, 6.07) is 11.4. The molecule has 0 saturated carbocycles. The number of hydrogen-bond acceptors (Lipinski definition) is 4. The van der Waals surface area contributed by atoms with Gasteiger partial charge in [0.15, 0.2) is 0 Å². The van der Waals surface area contributed by atoms with Crippen LogP contribution in [0.3, 0.4) is 0 Å². The Kier molecular flexibility index (Phi) is 6.34. The van der Waals surface area contributed by atoms with Crippen molar-refractivity contribution in [1.82, 2.24) is 4.90 Å². The van der Waals surface area contributed by atoms with E-state index in [0.717, 1.165) is 6.07 Å². The molecule has 28 heavy (non-hydrogen) atoms. The summed E-state index contributed by atoms with van der Waals surface area (Å²) in [5.74, 6) is -4.01. The Balaban J connectivity index is 1.83. The molecule has 150 valence electrons. The van der Waals surface area contributed by atoms with Gasteiger partial charge in [-0.3, -0.25) is 4.79 Å². The lowest BCUT2D eigenvalue weighted by Gasteiger charge is -2.22. The van der Waals surface area contributed by atoms with Gasteiger partial charge in [-0.15, -0.1) is 0 Å². The number of halogens is 3. The first-order chi connectivity index (χ1) is 13.3. The number of nitrogens with zero attached hydrogens (tertiary/aromatic N) is 1. The van der Waals surface area contributed by atoms with Gasteiger partial charge in [-0.2, -0.15) is 20.5 Å². The molecule has 3 rings (SSSR count). The fourth-order valence-electron chi connectivity index (χ4n) is 3.12. The van der Waals surface area contributed by atoms with E-state index in [-0.39, 0.29) is 23.2 Å². The third-order valence-corrected chi connectivity index (χ3v) is 7.29. The number of sulfone groups is 1. The maximum absolute atomic E-state index is 14.1. The highest BCUT2D eigenvalue weighted by Gasteiger charge is 2.33. The van der Waals surface area contributed by atoms with E-state index in [4.69, 9.17) is 0 Å². The summed E-state index contributed by atoms with van der Waals surface area (Å²) in [7, 11) is -4.90. The number of thioether (sulfide) groups is 1. The summed E-state index contributed by atoms with van der Waals surface area (Å²) in [5, 5.41) is -0.140. The molecule has 0 bridgehead atoms. The van der Waals surface area contributed by atoms with Crippen molar-refractivity contribution in [1.29, 1.82) is 0 Å². The topological polar surface area (TPSA) is 54.5 Å². The molecule has 0 aromatic heterocycles. The van der Waals surface area contributed by atoms with E-state index in [9.17, 15) is 26.4 Å². The third-order valence-electron chi connectivity index (χ3n) is 4.54. The van der Waals surface area contributed by atoms with Crippen molar-refractivity contribution in [3.63, 3.8) is 0 Å². The van der Waals surface area contributed by atoms with Crippen LogP contribution >= 0.6 is 11.8 Å². The van der Waals surface area contributed by atoms with Crippen LogP contribution in [0.5, 0.6) is 0 Å². The largest absolute Gasteiger partial charge is 0.341 e. The quantitative estimate of drug-likeness (QED) is 0.733. The van der Waals surface area contributed by atoms with Crippen LogP contribution in [-0.4, -0.2) is 43.8 Å². The molecule has 2 aromatic carbocycles. The zero-order valence-corrected chi connectivity index (χ0v) is 16.4. The molecule has 9 heteroatoms. The SMILES string of the molecule is O=C(c1ccccc1S(=O)(=O)C(F)F)N1CCSC(c2ccccc2F)CC1. The zero-order chi connectivity index (χ0) is 20.3. The first kappa shape index (κ1) is 20.7. The first-order valence-electron chi connectivity index (χ1n) is 8.58. The smallest absolute Gasteiger partial charge is 0.338 e. The normalized spacial score (nSPS) is 18.1. The summed E-state index contributed by atoms with van der Waals surface area (Å²) < 4.78 is 63.8. The van der Waals surface area contributed by atoms with Gasteiger partial charge in [0.1, 0.15) is 5.82 Å². The number of carbonyl (C=O) groups is 1. The van der Waals surface area contributed by atoms with Crippen LogP contribution in [0, 0.1) is 5.82 Å². The van der Waals surface area contributed by atoms with Crippen LogP contribution in [0.25, 0.3) is 0 Å². The van der Waals surface area contributed by atoms with E-state index < -0.39 is 26.4 Å². The van der Waals surface area contributed by atoms with Crippen LogP contribution in [-0.2, 0) is 9.84 Å². The fraction of sp³-hybridized carbons (Fsp3) is 0.316. The van der Waals surface area contributed by atoms with Crippen LogP contribution in [0.4, 0.5) is 13.2 Å². The lowest BCUT2D eigenvalue weighted by atomic mass is 10.1. The number of benzene rings is 2. The minimum absolute atomic E-state index is 0.140. The lowest BCUT2D eigenvalue weighted by molar-refractivity contribution is 0.0762. The number of amides is 1. The molecule has 1 aliphatic heterocycles. The van der Waals surface area contributed by atoms with Crippen LogP contribution in [0.2, 0.25) is 0 Å². The molecular weight excluding hydrogens is 411 g/mol. The molecule has 1 heterocycles. The summed E-state index contributed by atoms with van der Waals surface area (Å²) >= 11 is 1.51. The van der Waals surface area contributed by atoms with Crippen molar-refractivity contribution >= 4 is 27.5 Å². The van der Waals surface area contributed by atoms with Gasteiger partial charge in [0.25, 0.3) is 5.91 Å². The predicted octanol–water partition coefficient (Wildman–Crippen LogP) is 4.14. The van der Waals surface area contributed by atoms with Crippen molar-refractivity contribution in [2.45, 2.75) is 22.3 Å². The van der Waals surface area contributed by atoms with E-state index in [1.54, 1.807) is 18.2 Å². The first-order valence-corrected chi connectivity index (χ1v) is 11.2. The highest BCUT2D eigenvalue weighted by molar-refractivity contribution is 7.99. The Bertz CT molecular complexity index is 966. The minimum atomic E-state index is -4.90. The number of carbonyl (C=O) groups excluding carboxylic acids is 1. The van der Waals surface area contributed by atoms with Crippen LogP contribution in [0.1, 0.15) is 27.6 Å². The molecule has 1 fully saturated rings. The Morgan fingerprint density at radius 2 is 1.75 bits per heavy atom. The summed E-state index contributed by atoms with van der Waals surface area (Å²) in [6.07, 6.45) is 0.473. The lowest BCUT2D eigenvalue weighted by Crippen LogP contribution is -2.34. The highest BCUT2D eigenvalue weighted by atomic mass is 32.2. The minimum Gasteiger partial charge on any atom is -0.338 e. The molecule has 4 nitrogen and oxygen atoms in total. The number of rotatable bonds is 4. The van der Waals surface area contributed by atoms with Gasteiger partial charge in [-0.25, -0.2) is 12.8 Å². The molecule has 0 spiro atoms. The highest BCUT2D eigenvalue weighted by Crippen LogP contribution is 2.36. The van der Waals surface area contributed by atoms with Crippen molar-refractivity contribution in [3.05, 3.63) is 65.5 Å². The Labute approximate surface area is 165 Å². The van der Waals surface area contributed by atoms with Gasteiger partial charge >= 0.3 is 5.76 Å². The standard InChI is InChI=1S/C19H18F3NO3S2/c20-15-7-3-1-5-13(15)16-9-10-23(11-12-27-16)18(24)14-6-2-4-8-17(14)28(25,26)19(21)22/h1-8,16,19H,9-12H2. The summed E-state index contributed by atoms with van der Waals surface area (Å²) in [5.41, 5.74) is 0.291. The molecule has 0 aliphatic carbocycles. The van der Waals surface area contributed by atoms with Crippen LogP contribution < -0.4 is 0 Å².